The molecule has 21 heavy (non-hydrogen) atoms. The van der Waals surface area contributed by atoms with Gasteiger partial charge in [0.15, 0.2) is 0 Å². The van der Waals surface area contributed by atoms with Gasteiger partial charge in [0, 0.05) is 10.7 Å². The number of rotatable bonds is 3. The van der Waals surface area contributed by atoms with Crippen molar-refractivity contribution < 1.29 is 8.42 Å². The minimum atomic E-state index is -3.74. The Kier molecular flexibility index (Phi) is 3.55. The molecule has 0 atom stereocenters. The Balaban J connectivity index is 1.94. The molecule has 4 nitrogen and oxygen atoms in total. The highest BCUT2D eigenvalue weighted by Gasteiger charge is 2.19. The Labute approximate surface area is 129 Å². The van der Waals surface area contributed by atoms with Gasteiger partial charge in [-0.05, 0) is 60.7 Å². The third-order valence-electron chi connectivity index (χ3n) is 3.62. The molecule has 3 rings (SSSR count). The van der Waals surface area contributed by atoms with E-state index >= 15 is 0 Å². The summed E-state index contributed by atoms with van der Waals surface area (Å²) < 4.78 is 27.4. The number of benzene rings is 2. The van der Waals surface area contributed by atoms with E-state index in [1.54, 1.807) is 12.1 Å². The second kappa shape index (κ2) is 5.24. The molecule has 2 aromatic carbocycles. The number of sulfonamides is 1. The molecule has 0 aliphatic heterocycles. The van der Waals surface area contributed by atoms with Crippen molar-refractivity contribution in [2.45, 2.75) is 24.2 Å². The van der Waals surface area contributed by atoms with Crippen LogP contribution in [0.1, 0.15) is 17.5 Å². The summed E-state index contributed by atoms with van der Waals surface area (Å²) in [6, 6.07) is 10.0. The van der Waals surface area contributed by atoms with Crippen molar-refractivity contribution in [1.29, 1.82) is 0 Å². The van der Waals surface area contributed by atoms with Gasteiger partial charge in [-0.3, -0.25) is 4.72 Å². The second-order valence-electron chi connectivity index (χ2n) is 5.12. The number of halogens is 1. The van der Waals surface area contributed by atoms with E-state index in [2.05, 4.69) is 4.72 Å². The molecule has 2 aromatic rings. The molecule has 3 N–H and O–H groups in total. The zero-order chi connectivity index (χ0) is 15.0. The number of nitrogens with two attached hydrogens (primary N) is 1. The van der Waals surface area contributed by atoms with Crippen LogP contribution in [-0.4, -0.2) is 8.42 Å². The highest BCUT2D eigenvalue weighted by Crippen LogP contribution is 2.28. The van der Waals surface area contributed by atoms with Crippen molar-refractivity contribution in [2.75, 3.05) is 10.5 Å². The van der Waals surface area contributed by atoms with E-state index in [-0.39, 0.29) is 10.6 Å². The average Bonchev–Trinajstić information content (AvgIpc) is 2.88. The van der Waals surface area contributed by atoms with E-state index < -0.39 is 10.0 Å². The van der Waals surface area contributed by atoms with Crippen LogP contribution in [0, 0.1) is 0 Å². The van der Waals surface area contributed by atoms with Gasteiger partial charge in [0.25, 0.3) is 10.0 Å². The maximum absolute atomic E-state index is 12.4. The standard InChI is InChI=1S/C15H15ClN2O2S/c16-12-5-7-14(17)15(9-12)21(19,20)18-13-6-4-10-2-1-3-11(10)8-13/h4-9,18H,1-3,17H2. The molecule has 0 saturated carbocycles. The molecule has 0 bridgehead atoms. The lowest BCUT2D eigenvalue weighted by Crippen LogP contribution is -2.15. The van der Waals surface area contributed by atoms with Crippen molar-refractivity contribution in [3.63, 3.8) is 0 Å². The lowest BCUT2D eigenvalue weighted by atomic mass is 10.1. The number of nitrogens with one attached hydrogen (secondary N) is 1. The summed E-state index contributed by atoms with van der Waals surface area (Å²) in [5.41, 5.74) is 8.96. The largest absolute Gasteiger partial charge is 0.398 e. The molecule has 0 heterocycles. The van der Waals surface area contributed by atoms with Crippen molar-refractivity contribution in [3.8, 4) is 0 Å². The quantitative estimate of drug-likeness (QED) is 0.852. The number of hydrogen-bond donors (Lipinski definition) is 2. The molecule has 110 valence electrons. The maximum Gasteiger partial charge on any atom is 0.263 e. The van der Waals surface area contributed by atoms with Crippen molar-refractivity contribution in [2.24, 2.45) is 0 Å². The van der Waals surface area contributed by atoms with Crippen LogP contribution in [0.4, 0.5) is 11.4 Å². The molecule has 0 fully saturated rings. The van der Waals surface area contributed by atoms with Gasteiger partial charge < -0.3 is 5.73 Å². The number of fused-ring (bicyclic) bond motifs is 1. The van der Waals surface area contributed by atoms with Gasteiger partial charge in [0.05, 0.1) is 5.69 Å². The molecule has 0 spiro atoms. The summed E-state index contributed by atoms with van der Waals surface area (Å²) in [6.07, 6.45) is 3.17. The Morgan fingerprint density at radius 3 is 2.62 bits per heavy atom. The molecule has 0 amide bonds. The SMILES string of the molecule is Nc1ccc(Cl)cc1S(=O)(=O)Nc1ccc2c(c1)CCC2. The van der Waals surface area contributed by atoms with E-state index in [4.69, 9.17) is 17.3 Å². The molecule has 0 radical (unpaired) electrons. The Bertz CT molecular complexity index is 803. The topological polar surface area (TPSA) is 72.2 Å². The minimum absolute atomic E-state index is 0.00417. The third kappa shape index (κ3) is 2.84. The fraction of sp³-hybridized carbons (Fsp3) is 0.200. The van der Waals surface area contributed by atoms with E-state index in [1.807, 2.05) is 12.1 Å². The summed E-state index contributed by atoms with van der Waals surface area (Å²) in [4.78, 5) is -0.00417. The van der Waals surface area contributed by atoms with Gasteiger partial charge in [-0.15, -0.1) is 0 Å². The van der Waals surface area contributed by atoms with Gasteiger partial charge in [-0.2, -0.15) is 0 Å². The monoisotopic (exact) mass is 322 g/mol. The van der Waals surface area contributed by atoms with Gasteiger partial charge in [0.2, 0.25) is 0 Å². The lowest BCUT2D eigenvalue weighted by molar-refractivity contribution is 0.601. The normalized spacial score (nSPS) is 14.0. The van der Waals surface area contributed by atoms with Crippen LogP contribution >= 0.6 is 11.6 Å². The van der Waals surface area contributed by atoms with Crippen LogP contribution in [0.15, 0.2) is 41.3 Å². The van der Waals surface area contributed by atoms with Crippen LogP contribution in [-0.2, 0) is 22.9 Å². The molecular formula is C15H15ClN2O2S. The van der Waals surface area contributed by atoms with Gasteiger partial charge in [-0.25, -0.2) is 8.42 Å². The first-order chi connectivity index (χ1) is 9.95. The second-order valence-corrected chi connectivity index (χ2v) is 7.21. The first kappa shape index (κ1) is 14.2. The maximum atomic E-state index is 12.4. The molecule has 1 aliphatic rings. The van der Waals surface area contributed by atoms with E-state index in [0.717, 1.165) is 19.3 Å². The predicted molar refractivity (Wildman–Crippen MR) is 85.1 cm³/mol. The smallest absolute Gasteiger partial charge is 0.263 e. The third-order valence-corrected chi connectivity index (χ3v) is 5.29. The van der Waals surface area contributed by atoms with Gasteiger partial charge >= 0.3 is 0 Å². The van der Waals surface area contributed by atoms with Crippen LogP contribution in [0.2, 0.25) is 5.02 Å². The fourth-order valence-electron chi connectivity index (χ4n) is 2.59. The van der Waals surface area contributed by atoms with Crippen LogP contribution in [0.25, 0.3) is 0 Å². The summed E-state index contributed by atoms with van der Waals surface area (Å²) >= 11 is 5.85. The highest BCUT2D eigenvalue weighted by atomic mass is 35.5. The minimum Gasteiger partial charge on any atom is -0.398 e. The number of aryl methyl sites for hydroxylation is 2. The summed E-state index contributed by atoms with van der Waals surface area (Å²) in [7, 11) is -3.74. The molecule has 0 unspecified atom stereocenters. The lowest BCUT2D eigenvalue weighted by Gasteiger charge is -2.11. The molecule has 1 aliphatic carbocycles. The fourth-order valence-corrected chi connectivity index (χ4v) is 4.03. The van der Waals surface area contributed by atoms with Crippen molar-refractivity contribution in [1.82, 2.24) is 0 Å². The number of anilines is 2. The van der Waals surface area contributed by atoms with Gasteiger partial charge in [-0.1, -0.05) is 17.7 Å². The van der Waals surface area contributed by atoms with E-state index in [1.165, 1.54) is 23.3 Å². The molecule has 6 heteroatoms. The van der Waals surface area contributed by atoms with E-state index in [9.17, 15) is 8.42 Å². The average molecular weight is 323 g/mol. The van der Waals surface area contributed by atoms with E-state index in [0.29, 0.717) is 10.7 Å². The number of hydrogen-bond acceptors (Lipinski definition) is 3. The van der Waals surface area contributed by atoms with Crippen molar-refractivity contribution in [3.05, 3.63) is 52.5 Å². The summed E-state index contributed by atoms with van der Waals surface area (Å²) in [6.45, 7) is 0. The van der Waals surface area contributed by atoms with Gasteiger partial charge in [0.1, 0.15) is 4.90 Å². The summed E-state index contributed by atoms with van der Waals surface area (Å²) in [5, 5.41) is 0.332. The Hall–Kier alpha value is -1.72. The number of nitrogen functional groups attached to an aromatic ring is 1. The first-order valence-corrected chi connectivity index (χ1v) is 8.51. The van der Waals surface area contributed by atoms with Crippen LogP contribution < -0.4 is 10.5 Å². The molecular weight excluding hydrogens is 308 g/mol. The summed E-state index contributed by atoms with van der Waals surface area (Å²) in [5.74, 6) is 0. The zero-order valence-corrected chi connectivity index (χ0v) is 12.8. The Morgan fingerprint density at radius 1 is 1.05 bits per heavy atom. The zero-order valence-electron chi connectivity index (χ0n) is 11.3. The first-order valence-electron chi connectivity index (χ1n) is 6.65. The van der Waals surface area contributed by atoms with Crippen molar-refractivity contribution >= 4 is 33.0 Å². The van der Waals surface area contributed by atoms with Crippen LogP contribution in [0.3, 0.4) is 0 Å². The molecule has 0 saturated heterocycles. The van der Waals surface area contributed by atoms with Crippen LogP contribution in [0.5, 0.6) is 0 Å². The predicted octanol–water partition coefficient (Wildman–Crippen LogP) is 3.21. The Morgan fingerprint density at radius 2 is 1.81 bits per heavy atom. The highest BCUT2D eigenvalue weighted by molar-refractivity contribution is 7.92. The molecule has 0 aromatic heterocycles.